The molecule has 0 unspecified atom stereocenters. The van der Waals surface area contributed by atoms with Gasteiger partial charge in [0.25, 0.3) is 0 Å². The molecule has 0 saturated heterocycles. The first-order valence-electron chi connectivity index (χ1n) is 4.60. The van der Waals surface area contributed by atoms with Crippen LogP contribution in [0.2, 0.25) is 5.02 Å². The van der Waals surface area contributed by atoms with Crippen LogP contribution in [0.25, 0.3) is 10.9 Å². The summed E-state index contributed by atoms with van der Waals surface area (Å²) in [6.07, 6.45) is 0. The van der Waals surface area contributed by atoms with Crippen molar-refractivity contribution in [1.29, 1.82) is 5.26 Å². The van der Waals surface area contributed by atoms with Crippen LogP contribution in [0.15, 0.2) is 18.2 Å². The Kier molecular flexibility index (Phi) is 2.34. The Bertz CT molecular complexity index is 582. The summed E-state index contributed by atoms with van der Waals surface area (Å²) in [6.45, 7) is 3.86. The third kappa shape index (κ3) is 1.55. The van der Waals surface area contributed by atoms with E-state index in [2.05, 4.69) is 11.1 Å². The molecule has 15 heavy (non-hydrogen) atoms. The molecule has 0 atom stereocenters. The minimum Gasteiger partial charge on any atom is -0.253 e. The molecular formula is C12H9ClN2. The van der Waals surface area contributed by atoms with Gasteiger partial charge in [-0.3, -0.25) is 4.98 Å². The van der Waals surface area contributed by atoms with Crippen molar-refractivity contribution in [1.82, 2.24) is 4.98 Å². The highest BCUT2D eigenvalue weighted by Crippen LogP contribution is 2.27. The summed E-state index contributed by atoms with van der Waals surface area (Å²) in [5, 5.41) is 10.4. The molecule has 0 radical (unpaired) electrons. The van der Waals surface area contributed by atoms with Gasteiger partial charge in [-0.2, -0.15) is 5.26 Å². The molecule has 0 aliphatic heterocycles. The predicted octanol–water partition coefficient (Wildman–Crippen LogP) is 3.38. The first kappa shape index (κ1) is 9.95. The molecule has 0 bridgehead atoms. The summed E-state index contributed by atoms with van der Waals surface area (Å²) in [4.78, 5) is 4.41. The maximum atomic E-state index is 8.78. The molecule has 1 aromatic carbocycles. The fourth-order valence-corrected chi connectivity index (χ4v) is 1.80. The van der Waals surface area contributed by atoms with Crippen molar-refractivity contribution in [2.75, 3.05) is 0 Å². The largest absolute Gasteiger partial charge is 0.253 e. The van der Waals surface area contributed by atoms with Gasteiger partial charge in [-0.05, 0) is 37.6 Å². The zero-order chi connectivity index (χ0) is 11.0. The van der Waals surface area contributed by atoms with Crippen LogP contribution in [0.1, 0.15) is 16.8 Å². The van der Waals surface area contributed by atoms with Crippen LogP contribution in [0.3, 0.4) is 0 Å². The van der Waals surface area contributed by atoms with Gasteiger partial charge in [-0.15, -0.1) is 0 Å². The fraction of sp³-hybridized carbons (Fsp3) is 0.167. The van der Waals surface area contributed by atoms with Gasteiger partial charge in [0.15, 0.2) is 0 Å². The van der Waals surface area contributed by atoms with Crippen molar-refractivity contribution in [2.24, 2.45) is 0 Å². The minimum atomic E-state index is 0.606. The average Bonchev–Trinajstić information content (AvgIpc) is 2.25. The van der Waals surface area contributed by atoms with E-state index in [9.17, 15) is 0 Å². The number of hydrogen-bond acceptors (Lipinski definition) is 2. The van der Waals surface area contributed by atoms with Crippen LogP contribution < -0.4 is 0 Å². The van der Waals surface area contributed by atoms with Gasteiger partial charge >= 0.3 is 0 Å². The van der Waals surface area contributed by atoms with Gasteiger partial charge in [0.2, 0.25) is 0 Å². The van der Waals surface area contributed by atoms with Crippen LogP contribution in [0.4, 0.5) is 0 Å². The maximum absolute atomic E-state index is 8.78. The molecule has 2 nitrogen and oxygen atoms in total. The highest BCUT2D eigenvalue weighted by Gasteiger charge is 2.07. The van der Waals surface area contributed by atoms with E-state index < -0.39 is 0 Å². The number of benzene rings is 1. The molecule has 2 rings (SSSR count). The van der Waals surface area contributed by atoms with Gasteiger partial charge < -0.3 is 0 Å². The molecule has 0 spiro atoms. The second-order valence-electron chi connectivity index (χ2n) is 3.48. The van der Waals surface area contributed by atoms with E-state index in [1.807, 2.05) is 19.9 Å². The summed E-state index contributed by atoms with van der Waals surface area (Å²) < 4.78 is 0. The Hall–Kier alpha value is -1.59. The lowest BCUT2D eigenvalue weighted by atomic mass is 10.1. The zero-order valence-corrected chi connectivity index (χ0v) is 9.26. The first-order valence-corrected chi connectivity index (χ1v) is 4.98. The molecule has 74 valence electrons. The number of nitriles is 1. The van der Waals surface area contributed by atoms with Gasteiger partial charge in [0, 0.05) is 11.1 Å². The van der Waals surface area contributed by atoms with E-state index >= 15 is 0 Å². The van der Waals surface area contributed by atoms with Crippen LogP contribution in [0, 0.1) is 25.2 Å². The number of pyridine rings is 1. The number of nitrogens with zero attached hydrogens (tertiary/aromatic N) is 2. The SMILES string of the molecule is Cc1nc2cc(C#N)ccc2c(Cl)c1C. The third-order valence-electron chi connectivity index (χ3n) is 2.52. The van der Waals surface area contributed by atoms with Crippen LogP contribution in [-0.2, 0) is 0 Å². The molecular weight excluding hydrogens is 208 g/mol. The first-order chi connectivity index (χ1) is 7.13. The van der Waals surface area contributed by atoms with Crippen molar-refractivity contribution < 1.29 is 0 Å². The standard InChI is InChI=1S/C12H9ClN2/c1-7-8(2)15-11-5-9(6-14)3-4-10(11)12(7)13/h3-5H,1-2H3. The van der Waals surface area contributed by atoms with Crippen molar-refractivity contribution >= 4 is 22.5 Å². The highest BCUT2D eigenvalue weighted by atomic mass is 35.5. The maximum Gasteiger partial charge on any atom is 0.0992 e. The Morgan fingerprint density at radius 1 is 1.33 bits per heavy atom. The molecule has 0 N–H and O–H groups in total. The lowest BCUT2D eigenvalue weighted by molar-refractivity contribution is 1.19. The Morgan fingerprint density at radius 3 is 2.73 bits per heavy atom. The van der Waals surface area contributed by atoms with Gasteiger partial charge in [0.1, 0.15) is 0 Å². The minimum absolute atomic E-state index is 0.606. The lowest BCUT2D eigenvalue weighted by Crippen LogP contribution is -1.91. The van der Waals surface area contributed by atoms with Crippen LogP contribution in [-0.4, -0.2) is 4.98 Å². The molecule has 0 amide bonds. The van der Waals surface area contributed by atoms with Crippen LogP contribution >= 0.6 is 11.6 Å². The fourth-order valence-electron chi connectivity index (χ4n) is 1.50. The summed E-state index contributed by atoms with van der Waals surface area (Å²) in [5.41, 5.74) is 3.29. The smallest absolute Gasteiger partial charge is 0.0992 e. The average molecular weight is 217 g/mol. The molecule has 0 saturated carbocycles. The summed E-state index contributed by atoms with van der Waals surface area (Å²) in [5.74, 6) is 0. The number of halogens is 1. The number of aromatic nitrogens is 1. The van der Waals surface area contributed by atoms with Gasteiger partial charge in [0.05, 0.1) is 22.2 Å². The van der Waals surface area contributed by atoms with Crippen molar-refractivity contribution in [2.45, 2.75) is 13.8 Å². The normalized spacial score (nSPS) is 10.3. The zero-order valence-electron chi connectivity index (χ0n) is 8.50. The number of rotatable bonds is 0. The van der Waals surface area contributed by atoms with E-state index in [0.29, 0.717) is 5.56 Å². The van der Waals surface area contributed by atoms with Crippen LogP contribution in [0.5, 0.6) is 0 Å². The van der Waals surface area contributed by atoms with E-state index in [-0.39, 0.29) is 0 Å². The van der Waals surface area contributed by atoms with Gasteiger partial charge in [-0.25, -0.2) is 0 Å². The Morgan fingerprint density at radius 2 is 2.07 bits per heavy atom. The van der Waals surface area contributed by atoms with Crippen molar-refractivity contribution in [3.63, 3.8) is 0 Å². The summed E-state index contributed by atoms with van der Waals surface area (Å²) in [6, 6.07) is 7.44. The quantitative estimate of drug-likeness (QED) is 0.677. The molecule has 0 fully saturated rings. The number of fused-ring (bicyclic) bond motifs is 1. The molecule has 0 aliphatic carbocycles. The third-order valence-corrected chi connectivity index (χ3v) is 3.01. The second kappa shape index (κ2) is 3.52. The highest BCUT2D eigenvalue weighted by molar-refractivity contribution is 6.36. The summed E-state index contributed by atoms with van der Waals surface area (Å²) in [7, 11) is 0. The van der Waals surface area contributed by atoms with E-state index in [0.717, 1.165) is 27.2 Å². The monoisotopic (exact) mass is 216 g/mol. The molecule has 1 aromatic heterocycles. The predicted molar refractivity (Wildman–Crippen MR) is 60.9 cm³/mol. The van der Waals surface area contributed by atoms with E-state index in [4.69, 9.17) is 16.9 Å². The Balaban J connectivity index is 2.87. The molecule has 2 aromatic rings. The number of aryl methyl sites for hydroxylation is 1. The van der Waals surface area contributed by atoms with E-state index in [1.54, 1.807) is 12.1 Å². The van der Waals surface area contributed by atoms with E-state index in [1.165, 1.54) is 0 Å². The Labute approximate surface area is 93.1 Å². The van der Waals surface area contributed by atoms with Gasteiger partial charge in [-0.1, -0.05) is 11.6 Å². The topological polar surface area (TPSA) is 36.7 Å². The number of hydrogen-bond donors (Lipinski definition) is 0. The second-order valence-corrected chi connectivity index (χ2v) is 3.86. The summed E-state index contributed by atoms with van der Waals surface area (Å²) >= 11 is 6.20. The molecule has 3 heteroatoms. The molecule has 0 aliphatic rings. The van der Waals surface area contributed by atoms with Crippen molar-refractivity contribution in [3.05, 3.63) is 40.0 Å². The van der Waals surface area contributed by atoms with Crippen molar-refractivity contribution in [3.8, 4) is 6.07 Å². The molecule has 1 heterocycles. The lowest BCUT2D eigenvalue weighted by Gasteiger charge is -2.06.